The molecule has 0 radical (unpaired) electrons. The van der Waals surface area contributed by atoms with Gasteiger partial charge in [0.05, 0.1) is 24.5 Å². The van der Waals surface area contributed by atoms with E-state index in [0.717, 1.165) is 19.4 Å². The van der Waals surface area contributed by atoms with E-state index in [-0.39, 0.29) is 23.6 Å². The van der Waals surface area contributed by atoms with Crippen LogP contribution in [-0.4, -0.2) is 45.1 Å². The van der Waals surface area contributed by atoms with Gasteiger partial charge in [0.2, 0.25) is 0 Å². The molecule has 0 heterocycles. The third-order valence-electron chi connectivity index (χ3n) is 4.23. The lowest BCUT2D eigenvalue weighted by molar-refractivity contribution is -0.140. The average molecular weight is 305 g/mol. The molecule has 20 heavy (non-hydrogen) atoms. The zero-order chi connectivity index (χ0) is 15.4. The van der Waals surface area contributed by atoms with Gasteiger partial charge < -0.3 is 10.1 Å². The van der Waals surface area contributed by atoms with Crippen LogP contribution >= 0.6 is 0 Å². The molecular weight excluding hydrogens is 278 g/mol. The maximum atomic E-state index is 12.5. The number of carbonyl (C=O) groups is 1. The van der Waals surface area contributed by atoms with Gasteiger partial charge in [0, 0.05) is 6.04 Å². The zero-order valence-corrected chi connectivity index (χ0v) is 13.8. The molecule has 0 spiro atoms. The first-order chi connectivity index (χ1) is 9.24. The second kappa shape index (κ2) is 6.89. The number of hydrogen-bond donors (Lipinski definition) is 1. The highest BCUT2D eigenvalue weighted by molar-refractivity contribution is 7.92. The van der Waals surface area contributed by atoms with Crippen LogP contribution in [0.3, 0.4) is 0 Å². The Balaban J connectivity index is 2.87. The topological polar surface area (TPSA) is 72.5 Å². The van der Waals surface area contributed by atoms with E-state index < -0.39 is 21.1 Å². The number of rotatable bonds is 6. The highest BCUT2D eigenvalue weighted by Gasteiger charge is 2.44. The SMILES string of the molecule is CCNC1C(S(=O)(=O)CCC(=O)OC)CCCC1(C)C. The van der Waals surface area contributed by atoms with Crippen LogP contribution in [0, 0.1) is 5.41 Å². The Morgan fingerprint density at radius 2 is 2.05 bits per heavy atom. The number of carbonyl (C=O) groups excluding carboxylic acids is 1. The standard InChI is InChI=1S/C14H27NO4S/c1-5-15-13-11(7-6-9-14(13,2)3)20(17,18)10-8-12(16)19-4/h11,13,15H,5-10H2,1-4H3. The molecule has 0 aliphatic heterocycles. The van der Waals surface area contributed by atoms with E-state index in [1.54, 1.807) is 0 Å². The quantitative estimate of drug-likeness (QED) is 0.753. The molecule has 1 aliphatic carbocycles. The normalized spacial score (nSPS) is 26.2. The van der Waals surface area contributed by atoms with Crippen LogP contribution in [0.25, 0.3) is 0 Å². The Labute approximate surface area is 122 Å². The molecule has 6 heteroatoms. The highest BCUT2D eigenvalue weighted by Crippen LogP contribution is 2.38. The molecule has 2 atom stereocenters. The van der Waals surface area contributed by atoms with Gasteiger partial charge in [-0.25, -0.2) is 8.42 Å². The predicted octanol–water partition coefficient (Wildman–Crippen LogP) is 1.52. The van der Waals surface area contributed by atoms with Gasteiger partial charge >= 0.3 is 5.97 Å². The Kier molecular flexibility index (Phi) is 6.01. The van der Waals surface area contributed by atoms with Crippen molar-refractivity contribution in [3.05, 3.63) is 0 Å². The summed E-state index contributed by atoms with van der Waals surface area (Å²) in [5.74, 6) is -0.592. The van der Waals surface area contributed by atoms with Gasteiger partial charge in [-0.3, -0.25) is 4.79 Å². The van der Waals surface area contributed by atoms with Gasteiger partial charge in [-0.05, 0) is 24.8 Å². The summed E-state index contributed by atoms with van der Waals surface area (Å²) in [5, 5.41) is 2.93. The van der Waals surface area contributed by atoms with Crippen LogP contribution in [0.2, 0.25) is 0 Å². The molecule has 2 unspecified atom stereocenters. The smallest absolute Gasteiger partial charge is 0.306 e. The summed E-state index contributed by atoms with van der Waals surface area (Å²) >= 11 is 0. The molecule has 0 saturated heterocycles. The van der Waals surface area contributed by atoms with Gasteiger partial charge in [0.25, 0.3) is 0 Å². The predicted molar refractivity (Wildman–Crippen MR) is 79.3 cm³/mol. The third-order valence-corrected chi connectivity index (χ3v) is 6.43. The van der Waals surface area contributed by atoms with Crippen molar-refractivity contribution >= 4 is 15.8 Å². The van der Waals surface area contributed by atoms with Crippen LogP contribution in [0.15, 0.2) is 0 Å². The van der Waals surface area contributed by atoms with Crippen molar-refractivity contribution in [3.63, 3.8) is 0 Å². The van der Waals surface area contributed by atoms with Crippen LogP contribution in [0.5, 0.6) is 0 Å². The van der Waals surface area contributed by atoms with Crippen molar-refractivity contribution in [2.24, 2.45) is 5.41 Å². The molecule has 0 aromatic carbocycles. The summed E-state index contributed by atoms with van der Waals surface area (Å²) < 4.78 is 29.6. The molecule has 118 valence electrons. The monoisotopic (exact) mass is 305 g/mol. The minimum absolute atomic E-state index is 0.0444. The van der Waals surface area contributed by atoms with E-state index in [1.807, 2.05) is 6.92 Å². The van der Waals surface area contributed by atoms with Crippen molar-refractivity contribution in [2.75, 3.05) is 19.4 Å². The van der Waals surface area contributed by atoms with E-state index in [9.17, 15) is 13.2 Å². The molecule has 1 saturated carbocycles. The van der Waals surface area contributed by atoms with E-state index in [0.29, 0.717) is 6.42 Å². The first kappa shape index (κ1) is 17.4. The second-order valence-electron chi connectivity index (χ2n) is 6.15. The van der Waals surface area contributed by atoms with Gasteiger partial charge in [0.15, 0.2) is 9.84 Å². The molecule has 1 rings (SSSR count). The molecular formula is C14H27NO4S. The molecule has 1 fully saturated rings. The lowest BCUT2D eigenvalue weighted by Gasteiger charge is -2.44. The van der Waals surface area contributed by atoms with Crippen LogP contribution in [-0.2, 0) is 19.4 Å². The number of sulfone groups is 1. The van der Waals surface area contributed by atoms with Crippen molar-refractivity contribution in [1.29, 1.82) is 0 Å². The summed E-state index contributed by atoms with van der Waals surface area (Å²) in [7, 11) is -2.02. The third kappa shape index (κ3) is 4.19. The van der Waals surface area contributed by atoms with Crippen molar-refractivity contribution in [3.8, 4) is 0 Å². The first-order valence-electron chi connectivity index (χ1n) is 7.26. The Bertz CT molecular complexity index is 430. The molecule has 0 bridgehead atoms. The fraction of sp³-hybridized carbons (Fsp3) is 0.929. The van der Waals surface area contributed by atoms with Gasteiger partial charge in [-0.15, -0.1) is 0 Å². The number of esters is 1. The number of nitrogens with one attached hydrogen (secondary N) is 1. The fourth-order valence-electron chi connectivity index (χ4n) is 3.08. The van der Waals surface area contributed by atoms with Crippen LogP contribution < -0.4 is 5.32 Å². The highest BCUT2D eigenvalue weighted by atomic mass is 32.2. The molecule has 5 nitrogen and oxygen atoms in total. The summed E-state index contributed by atoms with van der Waals surface area (Å²) in [6.45, 7) is 6.96. The summed E-state index contributed by atoms with van der Waals surface area (Å²) in [5.41, 5.74) is -0.0444. The largest absolute Gasteiger partial charge is 0.469 e. The average Bonchev–Trinajstić information content (AvgIpc) is 2.38. The van der Waals surface area contributed by atoms with Gasteiger partial charge in [-0.2, -0.15) is 0 Å². The van der Waals surface area contributed by atoms with E-state index in [2.05, 4.69) is 23.9 Å². The fourth-order valence-corrected chi connectivity index (χ4v) is 5.24. The Morgan fingerprint density at radius 3 is 2.60 bits per heavy atom. The molecule has 0 amide bonds. The van der Waals surface area contributed by atoms with Crippen LogP contribution in [0.4, 0.5) is 0 Å². The van der Waals surface area contributed by atoms with E-state index >= 15 is 0 Å². The summed E-state index contributed by atoms with van der Waals surface area (Å²) in [6.07, 6.45) is 2.55. The lowest BCUT2D eigenvalue weighted by atomic mass is 9.73. The maximum Gasteiger partial charge on any atom is 0.306 e. The van der Waals surface area contributed by atoms with Crippen LogP contribution in [0.1, 0.15) is 46.5 Å². The number of hydrogen-bond acceptors (Lipinski definition) is 5. The number of methoxy groups -OCH3 is 1. The Morgan fingerprint density at radius 1 is 1.40 bits per heavy atom. The molecule has 0 aromatic heterocycles. The lowest BCUT2D eigenvalue weighted by Crippen LogP contribution is -2.55. The summed E-state index contributed by atoms with van der Waals surface area (Å²) in [6, 6.07) is -0.0519. The zero-order valence-electron chi connectivity index (χ0n) is 12.9. The summed E-state index contributed by atoms with van der Waals surface area (Å²) in [4.78, 5) is 11.2. The van der Waals surface area contributed by atoms with E-state index in [4.69, 9.17) is 0 Å². The molecule has 1 aliphatic rings. The molecule has 0 aromatic rings. The van der Waals surface area contributed by atoms with Crippen molar-refractivity contribution < 1.29 is 17.9 Å². The van der Waals surface area contributed by atoms with Gasteiger partial charge in [0.1, 0.15) is 0 Å². The van der Waals surface area contributed by atoms with Crippen molar-refractivity contribution in [1.82, 2.24) is 5.32 Å². The minimum Gasteiger partial charge on any atom is -0.469 e. The van der Waals surface area contributed by atoms with E-state index in [1.165, 1.54) is 7.11 Å². The maximum absolute atomic E-state index is 12.5. The van der Waals surface area contributed by atoms with Gasteiger partial charge in [-0.1, -0.05) is 27.2 Å². The second-order valence-corrected chi connectivity index (χ2v) is 8.49. The molecule has 1 N–H and O–H groups in total. The first-order valence-corrected chi connectivity index (χ1v) is 8.98. The van der Waals surface area contributed by atoms with Crippen molar-refractivity contribution in [2.45, 2.75) is 57.7 Å². The minimum atomic E-state index is -3.29. The Hall–Kier alpha value is -0.620. The number of ether oxygens (including phenoxy) is 1.